The van der Waals surface area contributed by atoms with E-state index < -0.39 is 38.0 Å². The zero-order chi connectivity index (χ0) is 36.1. The molecule has 1 fully saturated rings. The van der Waals surface area contributed by atoms with Crippen LogP contribution in [0.1, 0.15) is 55.7 Å². The summed E-state index contributed by atoms with van der Waals surface area (Å²) in [5.41, 5.74) is 16.3. The van der Waals surface area contributed by atoms with Crippen molar-refractivity contribution >= 4 is 14.1 Å². The molecule has 0 saturated carbocycles. The third-order valence-electron chi connectivity index (χ3n) is 9.75. The van der Waals surface area contributed by atoms with Crippen molar-refractivity contribution in [2.24, 2.45) is 5.11 Å². The van der Waals surface area contributed by atoms with Gasteiger partial charge in [-0.25, -0.2) is 4.79 Å². The van der Waals surface area contributed by atoms with E-state index in [1.54, 1.807) is 20.4 Å². The first-order chi connectivity index (χ1) is 23.8. The summed E-state index contributed by atoms with van der Waals surface area (Å²) in [4.78, 5) is 20.0. The van der Waals surface area contributed by atoms with Gasteiger partial charge in [-0.2, -0.15) is 4.98 Å². The van der Waals surface area contributed by atoms with E-state index in [1.807, 2.05) is 78.9 Å². The zero-order valence-corrected chi connectivity index (χ0v) is 30.7. The molecule has 0 aliphatic carbocycles. The van der Waals surface area contributed by atoms with Gasteiger partial charge in [0.25, 0.3) is 0 Å². The Hall–Kier alpha value is -4.65. The molecule has 1 aliphatic rings. The Morgan fingerprint density at radius 2 is 1.52 bits per heavy atom. The maximum absolute atomic E-state index is 13.2. The van der Waals surface area contributed by atoms with Gasteiger partial charge in [0.1, 0.15) is 35.2 Å². The summed E-state index contributed by atoms with van der Waals surface area (Å²) in [6, 6.07) is 25.7. The maximum atomic E-state index is 13.2. The first-order valence-corrected chi connectivity index (χ1v) is 19.4. The molecule has 0 unspecified atom stereocenters. The molecule has 0 spiro atoms. The number of benzene rings is 3. The van der Waals surface area contributed by atoms with E-state index in [0.717, 1.165) is 28.2 Å². The average Bonchev–Trinajstić information content (AvgIpc) is 3.49. The lowest BCUT2D eigenvalue weighted by molar-refractivity contribution is -0.0928. The molecule has 12 nitrogen and oxygen atoms in total. The summed E-state index contributed by atoms with van der Waals surface area (Å²) in [6.45, 7) is 11.0. The molecule has 5 rings (SSSR count). The van der Waals surface area contributed by atoms with Crippen LogP contribution in [0.5, 0.6) is 11.5 Å². The lowest BCUT2D eigenvalue weighted by Gasteiger charge is -2.40. The summed E-state index contributed by atoms with van der Waals surface area (Å²) in [7, 11) is 0.950. The molecule has 0 radical (unpaired) electrons. The Balaban J connectivity index is 1.60. The average molecular weight is 699 g/mol. The summed E-state index contributed by atoms with van der Waals surface area (Å²) < 4.78 is 33.3. The Bertz CT molecular complexity index is 1810. The molecule has 2 heterocycles. The topological polar surface area (TPSA) is 156 Å². The van der Waals surface area contributed by atoms with Crippen LogP contribution < -0.4 is 20.9 Å². The van der Waals surface area contributed by atoms with Crippen molar-refractivity contribution in [3.8, 4) is 11.5 Å². The van der Waals surface area contributed by atoms with E-state index in [-0.39, 0.29) is 24.0 Å². The normalized spacial score (nSPS) is 18.0. The van der Waals surface area contributed by atoms with Crippen LogP contribution in [-0.4, -0.2) is 50.9 Å². The number of methoxy groups -OCH3 is 2. The van der Waals surface area contributed by atoms with Crippen LogP contribution in [0.15, 0.2) is 95.0 Å². The molecular weight excluding hydrogens is 653 g/mol. The fourth-order valence-corrected chi connectivity index (χ4v) is 7.30. The number of azide groups is 1. The first kappa shape index (κ1) is 36.6. The van der Waals surface area contributed by atoms with Crippen molar-refractivity contribution < 1.29 is 23.4 Å². The van der Waals surface area contributed by atoms with Crippen LogP contribution >= 0.6 is 0 Å². The van der Waals surface area contributed by atoms with Gasteiger partial charge in [0, 0.05) is 23.1 Å². The summed E-state index contributed by atoms with van der Waals surface area (Å²) >= 11 is 0. The van der Waals surface area contributed by atoms with E-state index >= 15 is 0 Å². The highest BCUT2D eigenvalue weighted by Crippen LogP contribution is 2.44. The van der Waals surface area contributed by atoms with Gasteiger partial charge >= 0.3 is 5.69 Å². The molecule has 50 heavy (non-hydrogen) atoms. The number of hydrogen-bond acceptors (Lipinski definition) is 9. The second-order valence-electron chi connectivity index (χ2n) is 13.8. The number of aromatic nitrogens is 2. The van der Waals surface area contributed by atoms with Crippen LogP contribution in [0.25, 0.3) is 10.4 Å². The van der Waals surface area contributed by atoms with Gasteiger partial charge in [0.05, 0.1) is 33.5 Å². The Morgan fingerprint density at radius 1 is 0.960 bits per heavy atom. The first-order valence-electron chi connectivity index (χ1n) is 16.5. The van der Waals surface area contributed by atoms with E-state index in [4.69, 9.17) is 34.6 Å². The highest BCUT2D eigenvalue weighted by molar-refractivity contribution is 6.74. The molecular formula is C37H46N6O6Si. The predicted octanol–water partition coefficient (Wildman–Crippen LogP) is 7.34. The van der Waals surface area contributed by atoms with Gasteiger partial charge in [-0.05, 0) is 64.6 Å². The Kier molecular flexibility index (Phi) is 11.0. The van der Waals surface area contributed by atoms with Gasteiger partial charge in [-0.15, -0.1) is 0 Å². The minimum absolute atomic E-state index is 0.0113. The molecule has 1 aliphatic heterocycles. The fourth-order valence-electron chi connectivity index (χ4n) is 5.94. The minimum atomic E-state index is -2.32. The lowest BCUT2D eigenvalue weighted by Crippen LogP contribution is -2.47. The van der Waals surface area contributed by atoms with Crippen molar-refractivity contribution in [2.45, 2.75) is 75.9 Å². The van der Waals surface area contributed by atoms with Gasteiger partial charge in [-0.3, -0.25) is 4.57 Å². The third-order valence-corrected chi connectivity index (χ3v) is 14.3. The van der Waals surface area contributed by atoms with Crippen molar-refractivity contribution in [1.82, 2.24) is 9.55 Å². The van der Waals surface area contributed by atoms with Crippen molar-refractivity contribution in [3.63, 3.8) is 0 Å². The number of nitrogens with two attached hydrogens (primary N) is 1. The van der Waals surface area contributed by atoms with Crippen LogP contribution in [0.2, 0.25) is 18.1 Å². The second-order valence-corrected chi connectivity index (χ2v) is 18.6. The van der Waals surface area contributed by atoms with Gasteiger partial charge < -0.3 is 29.1 Å². The van der Waals surface area contributed by atoms with Crippen LogP contribution in [0, 0.1) is 0 Å². The van der Waals surface area contributed by atoms with E-state index in [0.29, 0.717) is 12.0 Å². The highest BCUT2D eigenvalue weighted by atomic mass is 28.4. The van der Waals surface area contributed by atoms with Crippen LogP contribution in [0.4, 0.5) is 5.82 Å². The minimum Gasteiger partial charge on any atom is -0.497 e. The quantitative estimate of drug-likeness (QED) is 0.0500. The summed E-state index contributed by atoms with van der Waals surface area (Å²) in [6.07, 6.45) is 0.220. The molecule has 0 bridgehead atoms. The van der Waals surface area contributed by atoms with E-state index in [9.17, 15) is 4.79 Å². The van der Waals surface area contributed by atoms with Crippen molar-refractivity contribution in [3.05, 3.63) is 128 Å². The molecule has 13 heteroatoms. The second kappa shape index (κ2) is 15.1. The Morgan fingerprint density at radius 3 is 2.04 bits per heavy atom. The SMILES string of the molecule is COc1ccc(C(OC[C@H]2O[C@@H](n3cc(CN=[N+]=[N-])c(N)nc3=O)C[C@@H]2O[Si](C)(C)C(C)(C)C)(c2ccccc2)c2ccc(OC)cc2)cc1. The molecule has 1 saturated heterocycles. The fraction of sp³-hybridized carbons (Fsp3) is 0.405. The maximum Gasteiger partial charge on any atom is 0.351 e. The van der Waals surface area contributed by atoms with Crippen molar-refractivity contribution in [2.75, 3.05) is 26.6 Å². The molecule has 2 N–H and O–H groups in total. The van der Waals surface area contributed by atoms with E-state index in [1.165, 1.54) is 4.57 Å². The molecule has 3 aromatic carbocycles. The third kappa shape index (κ3) is 7.57. The lowest BCUT2D eigenvalue weighted by atomic mass is 9.80. The standard InChI is InChI=1S/C37H46N6O6Si/c1-36(2,3)50(6,7)49-31-21-33(43-23-25(22-40-42-39)34(38)41-35(43)44)48-32(31)24-47-37(26-11-9-8-10-12-26,27-13-17-29(45-4)18-14-27)28-15-19-30(46-5)20-16-28/h8-20,23,31-33H,21-22,24H2,1-7H3,(H2,38,41,44)/t31-,32+,33+/m0/s1. The Labute approximate surface area is 293 Å². The van der Waals surface area contributed by atoms with Gasteiger partial charge in [-0.1, -0.05) is 80.5 Å². The number of anilines is 1. The largest absolute Gasteiger partial charge is 0.497 e. The molecule has 1 aromatic heterocycles. The molecule has 4 aromatic rings. The van der Waals surface area contributed by atoms with Crippen molar-refractivity contribution in [1.29, 1.82) is 0 Å². The summed E-state index contributed by atoms with van der Waals surface area (Å²) in [5.74, 6) is 1.45. The number of rotatable bonds is 13. The number of nitrogen functional groups attached to an aromatic ring is 1. The number of nitrogens with zero attached hydrogens (tertiary/aromatic N) is 5. The molecule has 264 valence electrons. The van der Waals surface area contributed by atoms with Crippen LogP contribution in [-0.2, 0) is 26.0 Å². The van der Waals surface area contributed by atoms with E-state index in [2.05, 4.69) is 48.9 Å². The monoisotopic (exact) mass is 698 g/mol. The summed E-state index contributed by atoms with van der Waals surface area (Å²) in [5, 5.41) is 3.53. The van der Waals surface area contributed by atoms with Crippen LogP contribution in [0.3, 0.4) is 0 Å². The highest BCUT2D eigenvalue weighted by Gasteiger charge is 2.47. The molecule has 3 atom stereocenters. The number of ether oxygens (including phenoxy) is 4. The predicted molar refractivity (Wildman–Crippen MR) is 195 cm³/mol. The van der Waals surface area contributed by atoms with Gasteiger partial charge in [0.2, 0.25) is 0 Å². The zero-order valence-electron chi connectivity index (χ0n) is 29.7. The molecule has 0 amide bonds. The smallest absolute Gasteiger partial charge is 0.351 e. The van der Waals surface area contributed by atoms with Gasteiger partial charge in [0.15, 0.2) is 8.32 Å². The number of hydrogen-bond donors (Lipinski definition) is 1.